The van der Waals surface area contributed by atoms with Crippen molar-refractivity contribution >= 4 is 17.6 Å². The van der Waals surface area contributed by atoms with E-state index in [1.54, 1.807) is 26.2 Å². The predicted molar refractivity (Wildman–Crippen MR) is 106 cm³/mol. The molecule has 2 unspecified atom stereocenters. The zero-order chi connectivity index (χ0) is 19.3. The zero-order valence-electron chi connectivity index (χ0n) is 16.6. The molecular formula is C20H32N4O2. The van der Waals surface area contributed by atoms with Crippen LogP contribution >= 0.6 is 0 Å². The number of hydrogen-bond acceptors (Lipinski definition) is 3. The number of benzene rings is 1. The topological polar surface area (TPSA) is 64.7 Å². The molecule has 0 aromatic heterocycles. The molecule has 2 N–H and O–H groups in total. The summed E-state index contributed by atoms with van der Waals surface area (Å²) in [4.78, 5) is 28.4. The van der Waals surface area contributed by atoms with E-state index < -0.39 is 0 Å². The maximum absolute atomic E-state index is 12.3. The Hall–Kier alpha value is -2.08. The highest BCUT2D eigenvalue weighted by atomic mass is 16.2. The Kier molecular flexibility index (Phi) is 7.03. The third-order valence-electron chi connectivity index (χ3n) is 5.01. The number of amides is 3. The molecule has 0 aliphatic carbocycles. The van der Waals surface area contributed by atoms with E-state index in [1.807, 2.05) is 13.0 Å². The highest BCUT2D eigenvalue weighted by Gasteiger charge is 2.21. The first-order valence-electron chi connectivity index (χ1n) is 9.39. The molecule has 3 amide bonds. The lowest BCUT2D eigenvalue weighted by molar-refractivity contribution is 0.0827. The summed E-state index contributed by atoms with van der Waals surface area (Å²) < 4.78 is 0. The van der Waals surface area contributed by atoms with Crippen LogP contribution in [-0.4, -0.2) is 61.5 Å². The van der Waals surface area contributed by atoms with Crippen molar-refractivity contribution in [3.8, 4) is 0 Å². The third-order valence-corrected chi connectivity index (χ3v) is 5.01. The fourth-order valence-corrected chi connectivity index (χ4v) is 3.31. The second-order valence-corrected chi connectivity index (χ2v) is 7.66. The van der Waals surface area contributed by atoms with Crippen molar-refractivity contribution in [1.29, 1.82) is 0 Å². The molecule has 144 valence electrons. The molecule has 2 atom stereocenters. The molecule has 0 bridgehead atoms. The van der Waals surface area contributed by atoms with Crippen molar-refractivity contribution in [2.45, 2.75) is 39.7 Å². The number of nitrogens with zero attached hydrogens (tertiary/aromatic N) is 2. The molecule has 6 heteroatoms. The Bertz CT molecular complexity index is 645. The van der Waals surface area contributed by atoms with Crippen LogP contribution in [0, 0.1) is 12.8 Å². The number of hydrogen-bond donors (Lipinski definition) is 2. The van der Waals surface area contributed by atoms with Crippen LogP contribution in [0.15, 0.2) is 18.2 Å². The maximum atomic E-state index is 12.3. The number of nitrogens with one attached hydrogen (secondary N) is 2. The maximum Gasteiger partial charge on any atom is 0.319 e. The van der Waals surface area contributed by atoms with E-state index in [2.05, 4.69) is 29.4 Å². The Morgan fingerprint density at radius 1 is 1.35 bits per heavy atom. The molecule has 1 heterocycles. The van der Waals surface area contributed by atoms with Gasteiger partial charge in [0.05, 0.1) is 0 Å². The van der Waals surface area contributed by atoms with Crippen LogP contribution in [0.25, 0.3) is 0 Å². The number of carbonyl (C=O) groups is 2. The van der Waals surface area contributed by atoms with Gasteiger partial charge in [0.2, 0.25) is 0 Å². The molecule has 26 heavy (non-hydrogen) atoms. The molecule has 2 rings (SSSR count). The summed E-state index contributed by atoms with van der Waals surface area (Å²) in [5, 5.41) is 5.83. The van der Waals surface area contributed by atoms with E-state index in [0.29, 0.717) is 23.8 Å². The summed E-state index contributed by atoms with van der Waals surface area (Å²) in [5.41, 5.74) is 2.15. The number of urea groups is 1. The molecule has 6 nitrogen and oxygen atoms in total. The summed E-state index contributed by atoms with van der Waals surface area (Å²) in [6.45, 7) is 9.15. The first-order valence-corrected chi connectivity index (χ1v) is 9.39. The van der Waals surface area contributed by atoms with E-state index in [9.17, 15) is 9.59 Å². The Balaban J connectivity index is 1.91. The summed E-state index contributed by atoms with van der Waals surface area (Å²) >= 11 is 0. The van der Waals surface area contributed by atoms with Gasteiger partial charge < -0.3 is 15.5 Å². The van der Waals surface area contributed by atoms with Crippen LogP contribution in [0.3, 0.4) is 0 Å². The van der Waals surface area contributed by atoms with Crippen LogP contribution < -0.4 is 10.6 Å². The summed E-state index contributed by atoms with van der Waals surface area (Å²) in [6, 6.07) is 5.43. The molecule has 1 aliphatic heterocycles. The van der Waals surface area contributed by atoms with Gasteiger partial charge in [-0.1, -0.05) is 13.0 Å². The average molecular weight is 361 g/mol. The number of anilines is 1. The van der Waals surface area contributed by atoms with Crippen molar-refractivity contribution in [3.63, 3.8) is 0 Å². The summed E-state index contributed by atoms with van der Waals surface area (Å²) in [6.07, 6.45) is 2.52. The first kappa shape index (κ1) is 20.2. The Morgan fingerprint density at radius 3 is 2.73 bits per heavy atom. The lowest BCUT2D eigenvalue weighted by Gasteiger charge is -2.35. The Labute approximate surface area is 156 Å². The van der Waals surface area contributed by atoms with Gasteiger partial charge in [-0.05, 0) is 56.8 Å². The van der Waals surface area contributed by atoms with Gasteiger partial charge in [0.25, 0.3) is 5.91 Å². The second kappa shape index (κ2) is 9.03. The van der Waals surface area contributed by atoms with Crippen molar-refractivity contribution in [3.05, 3.63) is 29.3 Å². The minimum atomic E-state index is -0.237. The number of carbonyl (C=O) groups excluding carboxylic acids is 2. The highest BCUT2D eigenvalue weighted by molar-refractivity contribution is 5.97. The van der Waals surface area contributed by atoms with Gasteiger partial charge >= 0.3 is 6.03 Å². The lowest BCUT2D eigenvalue weighted by Crippen LogP contribution is -2.47. The number of rotatable bonds is 5. The average Bonchev–Trinajstić information content (AvgIpc) is 2.60. The van der Waals surface area contributed by atoms with Gasteiger partial charge in [-0.3, -0.25) is 9.69 Å². The smallest absolute Gasteiger partial charge is 0.319 e. The van der Waals surface area contributed by atoms with Crippen molar-refractivity contribution in [2.75, 3.05) is 39.0 Å². The number of piperidine rings is 1. The number of likely N-dealkylation sites (tertiary alicyclic amines) is 1. The Morgan fingerprint density at radius 2 is 2.08 bits per heavy atom. The monoisotopic (exact) mass is 360 g/mol. The standard InChI is InChI=1S/C20H32N4O2/c1-14-7-6-10-24(13-14)16(3)12-21-20(26)22-18-11-17(9-8-15(18)2)19(25)23(4)5/h8-9,11,14,16H,6-7,10,12-13H2,1-5H3,(H2,21,22,26). The first-order chi connectivity index (χ1) is 12.3. The normalized spacial score (nSPS) is 18.9. The van der Waals surface area contributed by atoms with Gasteiger partial charge in [0, 0.05) is 44.5 Å². The van der Waals surface area contributed by atoms with Gasteiger partial charge in [0.1, 0.15) is 0 Å². The summed E-state index contributed by atoms with van der Waals surface area (Å²) in [7, 11) is 3.43. The van der Waals surface area contributed by atoms with Crippen molar-refractivity contribution < 1.29 is 9.59 Å². The highest BCUT2D eigenvalue weighted by Crippen LogP contribution is 2.19. The van der Waals surface area contributed by atoms with Gasteiger partial charge in [-0.25, -0.2) is 4.79 Å². The molecule has 1 aromatic carbocycles. The van der Waals surface area contributed by atoms with Crippen LogP contribution in [-0.2, 0) is 0 Å². The molecule has 0 radical (unpaired) electrons. The molecule has 1 saturated heterocycles. The minimum absolute atomic E-state index is 0.0821. The summed E-state index contributed by atoms with van der Waals surface area (Å²) in [5.74, 6) is 0.640. The van der Waals surface area contributed by atoms with Crippen molar-refractivity contribution in [1.82, 2.24) is 15.1 Å². The molecular weight excluding hydrogens is 328 g/mol. The van der Waals surface area contributed by atoms with E-state index in [0.717, 1.165) is 24.6 Å². The molecule has 0 saturated carbocycles. The van der Waals surface area contributed by atoms with E-state index in [-0.39, 0.29) is 11.9 Å². The van der Waals surface area contributed by atoms with Crippen LogP contribution in [0.4, 0.5) is 10.5 Å². The largest absolute Gasteiger partial charge is 0.345 e. The number of aryl methyl sites for hydroxylation is 1. The van der Waals surface area contributed by atoms with Gasteiger partial charge in [-0.15, -0.1) is 0 Å². The molecule has 1 aromatic rings. The minimum Gasteiger partial charge on any atom is -0.345 e. The van der Waals surface area contributed by atoms with Gasteiger partial charge in [0.15, 0.2) is 0 Å². The zero-order valence-corrected chi connectivity index (χ0v) is 16.6. The SMILES string of the molecule is Cc1ccc(C(=O)N(C)C)cc1NC(=O)NCC(C)N1CCCC(C)C1. The van der Waals surface area contributed by atoms with E-state index in [4.69, 9.17) is 0 Å². The van der Waals surface area contributed by atoms with Crippen LogP contribution in [0.5, 0.6) is 0 Å². The lowest BCUT2D eigenvalue weighted by atomic mass is 9.99. The fraction of sp³-hybridized carbons (Fsp3) is 0.600. The van der Waals surface area contributed by atoms with Crippen molar-refractivity contribution in [2.24, 2.45) is 5.92 Å². The quantitative estimate of drug-likeness (QED) is 0.848. The second-order valence-electron chi connectivity index (χ2n) is 7.66. The molecule has 1 fully saturated rings. The predicted octanol–water partition coefficient (Wildman–Crippen LogP) is 2.94. The molecule has 0 spiro atoms. The molecule has 1 aliphatic rings. The van der Waals surface area contributed by atoms with Crippen LogP contribution in [0.1, 0.15) is 42.6 Å². The van der Waals surface area contributed by atoms with E-state index in [1.165, 1.54) is 17.7 Å². The van der Waals surface area contributed by atoms with Crippen LogP contribution in [0.2, 0.25) is 0 Å². The van der Waals surface area contributed by atoms with Gasteiger partial charge in [-0.2, -0.15) is 0 Å². The fourth-order valence-electron chi connectivity index (χ4n) is 3.31. The third kappa shape index (κ3) is 5.46. The van der Waals surface area contributed by atoms with E-state index >= 15 is 0 Å².